The maximum Gasteiger partial charge on any atom is 0.238 e. The lowest BCUT2D eigenvalue weighted by molar-refractivity contribution is -0.117. The molecule has 2 aromatic rings. The highest BCUT2D eigenvalue weighted by Gasteiger charge is 2.23. The van der Waals surface area contributed by atoms with Gasteiger partial charge in [-0.25, -0.2) is 0 Å². The van der Waals surface area contributed by atoms with Gasteiger partial charge in [-0.15, -0.1) is 0 Å². The summed E-state index contributed by atoms with van der Waals surface area (Å²) in [5.74, 6) is 1.30. The molecule has 1 aliphatic heterocycles. The predicted molar refractivity (Wildman–Crippen MR) is 104 cm³/mol. The third kappa shape index (κ3) is 4.61. The number of nitrogens with one attached hydrogen (secondary N) is 1. The minimum Gasteiger partial charge on any atom is -0.486 e. The molecule has 0 radical (unpaired) electrons. The Kier molecular flexibility index (Phi) is 6.25. The smallest absolute Gasteiger partial charge is 0.238 e. The van der Waals surface area contributed by atoms with Crippen molar-refractivity contribution in [3.8, 4) is 11.5 Å². The summed E-state index contributed by atoms with van der Waals surface area (Å²) < 4.78 is 11.7. The topological polar surface area (TPSA) is 50.8 Å². The van der Waals surface area contributed by atoms with Crippen molar-refractivity contribution in [1.82, 2.24) is 4.90 Å². The Morgan fingerprint density at radius 3 is 2.54 bits per heavy atom. The van der Waals surface area contributed by atoms with E-state index in [0.717, 1.165) is 11.5 Å². The molecule has 2 aromatic carbocycles. The Labute approximate surface area is 162 Å². The number of carbonyl (C=O) groups excluding carboxylic acids is 1. The number of benzene rings is 2. The van der Waals surface area contributed by atoms with Gasteiger partial charge in [0.2, 0.25) is 5.91 Å². The first-order chi connectivity index (χ1) is 12.6. The SMILES string of the molecule is CCN(CC(=O)Nc1c(Cl)cccc1Cl)CC1COc2ccccc2O1. The van der Waals surface area contributed by atoms with Crippen molar-refractivity contribution in [1.29, 1.82) is 0 Å². The van der Waals surface area contributed by atoms with Gasteiger partial charge in [-0.05, 0) is 30.8 Å². The van der Waals surface area contributed by atoms with Crippen molar-refractivity contribution >= 4 is 34.8 Å². The molecule has 0 spiro atoms. The third-order valence-corrected chi connectivity index (χ3v) is 4.70. The zero-order valence-electron chi connectivity index (χ0n) is 14.4. The molecular formula is C19H20Cl2N2O3. The number of hydrogen-bond donors (Lipinski definition) is 1. The molecule has 0 aromatic heterocycles. The van der Waals surface area contributed by atoms with Gasteiger partial charge in [-0.1, -0.05) is 48.3 Å². The van der Waals surface area contributed by atoms with Crippen molar-refractivity contribution in [2.75, 3.05) is 31.6 Å². The van der Waals surface area contributed by atoms with Gasteiger partial charge >= 0.3 is 0 Å². The molecular weight excluding hydrogens is 375 g/mol. The van der Waals surface area contributed by atoms with Crippen molar-refractivity contribution < 1.29 is 14.3 Å². The van der Waals surface area contributed by atoms with Crippen LogP contribution in [0.25, 0.3) is 0 Å². The number of fused-ring (bicyclic) bond motifs is 1. The first-order valence-corrected chi connectivity index (χ1v) is 9.17. The Hall–Kier alpha value is -1.95. The maximum atomic E-state index is 12.4. The average molecular weight is 395 g/mol. The van der Waals surface area contributed by atoms with Gasteiger partial charge in [-0.3, -0.25) is 9.69 Å². The maximum absolute atomic E-state index is 12.4. The lowest BCUT2D eigenvalue weighted by atomic mass is 10.2. The second-order valence-electron chi connectivity index (χ2n) is 5.97. The van der Waals surface area contributed by atoms with Crippen LogP contribution in [-0.4, -0.2) is 43.2 Å². The summed E-state index contributed by atoms with van der Waals surface area (Å²) in [6, 6.07) is 12.7. The van der Waals surface area contributed by atoms with E-state index in [1.807, 2.05) is 36.1 Å². The van der Waals surface area contributed by atoms with Crippen LogP contribution in [0.5, 0.6) is 11.5 Å². The van der Waals surface area contributed by atoms with Crippen LogP contribution in [-0.2, 0) is 4.79 Å². The fraction of sp³-hybridized carbons (Fsp3) is 0.316. The zero-order chi connectivity index (χ0) is 18.5. The molecule has 138 valence electrons. The van der Waals surface area contributed by atoms with Crippen LogP contribution in [0.1, 0.15) is 6.92 Å². The van der Waals surface area contributed by atoms with Gasteiger partial charge in [0.05, 0.1) is 22.3 Å². The minimum atomic E-state index is -0.182. The van der Waals surface area contributed by atoms with Crippen LogP contribution in [0.2, 0.25) is 10.0 Å². The number of hydrogen-bond acceptors (Lipinski definition) is 4. The van der Waals surface area contributed by atoms with Crippen molar-refractivity contribution in [2.24, 2.45) is 0 Å². The van der Waals surface area contributed by atoms with E-state index in [-0.39, 0.29) is 18.6 Å². The number of amides is 1. The minimum absolute atomic E-state index is 0.137. The molecule has 0 saturated carbocycles. The Balaban J connectivity index is 1.57. The summed E-state index contributed by atoms with van der Waals surface area (Å²) >= 11 is 12.2. The van der Waals surface area contributed by atoms with Crippen LogP contribution in [0, 0.1) is 0 Å². The molecule has 1 amide bonds. The van der Waals surface area contributed by atoms with Gasteiger partial charge in [0.1, 0.15) is 12.7 Å². The zero-order valence-corrected chi connectivity index (χ0v) is 15.9. The Morgan fingerprint density at radius 1 is 1.15 bits per heavy atom. The van der Waals surface area contributed by atoms with Gasteiger partial charge in [0.15, 0.2) is 11.5 Å². The second kappa shape index (κ2) is 8.62. The van der Waals surface area contributed by atoms with Gasteiger partial charge in [0, 0.05) is 6.54 Å². The molecule has 5 nitrogen and oxygen atoms in total. The first-order valence-electron chi connectivity index (χ1n) is 8.41. The molecule has 0 saturated heterocycles. The number of para-hydroxylation sites is 3. The summed E-state index contributed by atoms with van der Waals surface area (Å²) in [4.78, 5) is 14.4. The fourth-order valence-corrected chi connectivity index (χ4v) is 3.24. The first kappa shape index (κ1) is 18.8. The van der Waals surface area contributed by atoms with Gasteiger partial charge in [0.25, 0.3) is 0 Å². The summed E-state index contributed by atoms with van der Waals surface area (Å²) in [6.07, 6.45) is -0.137. The normalized spacial score (nSPS) is 15.8. The second-order valence-corrected chi connectivity index (χ2v) is 6.78. The molecule has 0 bridgehead atoms. The Bertz CT molecular complexity index is 765. The van der Waals surface area contributed by atoms with Crippen LogP contribution >= 0.6 is 23.2 Å². The molecule has 1 N–H and O–H groups in total. The fourth-order valence-electron chi connectivity index (χ4n) is 2.75. The monoisotopic (exact) mass is 394 g/mol. The summed E-state index contributed by atoms with van der Waals surface area (Å²) in [5, 5.41) is 3.60. The standard InChI is InChI=1S/C19H20Cl2N2O3/c1-2-23(10-13-12-25-16-8-3-4-9-17(16)26-13)11-18(24)22-19-14(20)6-5-7-15(19)21/h3-9,13H,2,10-12H2,1H3,(H,22,24). The molecule has 26 heavy (non-hydrogen) atoms. The quantitative estimate of drug-likeness (QED) is 0.801. The van der Waals surface area contributed by atoms with Crippen molar-refractivity contribution in [3.63, 3.8) is 0 Å². The summed E-state index contributed by atoms with van der Waals surface area (Å²) in [7, 11) is 0. The molecule has 1 atom stereocenters. The average Bonchev–Trinajstić information content (AvgIpc) is 2.64. The van der Waals surface area contributed by atoms with Crippen molar-refractivity contribution in [3.05, 3.63) is 52.5 Å². The van der Waals surface area contributed by atoms with Crippen LogP contribution in [0.15, 0.2) is 42.5 Å². The molecule has 1 aliphatic rings. The highest BCUT2D eigenvalue weighted by atomic mass is 35.5. The highest BCUT2D eigenvalue weighted by molar-refractivity contribution is 6.39. The number of nitrogens with zero attached hydrogens (tertiary/aromatic N) is 1. The largest absolute Gasteiger partial charge is 0.486 e. The molecule has 1 unspecified atom stereocenters. The van der Waals surface area contributed by atoms with Crippen LogP contribution < -0.4 is 14.8 Å². The predicted octanol–water partition coefficient (Wildman–Crippen LogP) is 4.09. The lowest BCUT2D eigenvalue weighted by Crippen LogP contribution is -2.43. The molecule has 0 fully saturated rings. The lowest BCUT2D eigenvalue weighted by Gasteiger charge is -2.30. The van der Waals surface area contributed by atoms with E-state index >= 15 is 0 Å². The van der Waals surface area contributed by atoms with E-state index < -0.39 is 0 Å². The molecule has 1 heterocycles. The molecule has 7 heteroatoms. The number of anilines is 1. The molecule has 3 rings (SSSR count). The van der Waals surface area contributed by atoms with E-state index in [0.29, 0.717) is 35.4 Å². The van der Waals surface area contributed by atoms with E-state index in [9.17, 15) is 4.79 Å². The van der Waals surface area contributed by atoms with E-state index in [1.165, 1.54) is 0 Å². The Morgan fingerprint density at radius 2 is 1.85 bits per heavy atom. The van der Waals surface area contributed by atoms with E-state index in [1.54, 1.807) is 18.2 Å². The summed E-state index contributed by atoms with van der Waals surface area (Å²) in [6.45, 7) is 3.93. The van der Waals surface area contributed by atoms with E-state index in [4.69, 9.17) is 32.7 Å². The highest BCUT2D eigenvalue weighted by Crippen LogP contribution is 2.31. The number of likely N-dealkylation sites (N-methyl/N-ethyl adjacent to an activating group) is 1. The van der Waals surface area contributed by atoms with Crippen molar-refractivity contribution in [2.45, 2.75) is 13.0 Å². The molecule has 0 aliphatic carbocycles. The summed E-state index contributed by atoms with van der Waals surface area (Å²) in [5.41, 5.74) is 0.433. The van der Waals surface area contributed by atoms with E-state index in [2.05, 4.69) is 5.32 Å². The van der Waals surface area contributed by atoms with Crippen LogP contribution in [0.4, 0.5) is 5.69 Å². The van der Waals surface area contributed by atoms with Crippen LogP contribution in [0.3, 0.4) is 0 Å². The number of carbonyl (C=O) groups is 1. The number of ether oxygens (including phenoxy) is 2. The van der Waals surface area contributed by atoms with Gasteiger partial charge < -0.3 is 14.8 Å². The third-order valence-electron chi connectivity index (χ3n) is 4.07. The number of halogens is 2. The number of rotatable bonds is 6. The van der Waals surface area contributed by atoms with Gasteiger partial charge in [-0.2, -0.15) is 0 Å².